The van der Waals surface area contributed by atoms with E-state index in [1.807, 2.05) is 44.7 Å². The number of carbonyl (C=O) groups is 1. The molecule has 0 atom stereocenters. The van der Waals surface area contributed by atoms with Crippen molar-refractivity contribution in [3.8, 4) is 0 Å². The fourth-order valence-electron chi connectivity index (χ4n) is 2.80. The van der Waals surface area contributed by atoms with Crippen LogP contribution in [0.4, 0.5) is 4.79 Å². The Morgan fingerprint density at radius 2 is 2.00 bits per heavy atom. The second kappa shape index (κ2) is 6.95. The van der Waals surface area contributed by atoms with E-state index in [2.05, 4.69) is 12.2 Å². The number of rotatable bonds is 4. The number of hydrogen-bond acceptors (Lipinski definition) is 4. The molecular weight excluding hydrogens is 292 g/mol. The summed E-state index contributed by atoms with van der Waals surface area (Å²) in [5, 5.41) is 3.48. The molecule has 1 fully saturated rings. The SMILES string of the molecule is Cc1ccc(CNCC2(C)CCN(C(=O)OC(C)(C)C)CC2)o1. The van der Waals surface area contributed by atoms with Gasteiger partial charge in [0.25, 0.3) is 0 Å². The van der Waals surface area contributed by atoms with Crippen molar-refractivity contribution in [2.24, 2.45) is 5.41 Å². The van der Waals surface area contributed by atoms with Crippen molar-refractivity contribution in [1.82, 2.24) is 10.2 Å². The predicted molar refractivity (Wildman–Crippen MR) is 90.3 cm³/mol. The summed E-state index contributed by atoms with van der Waals surface area (Å²) in [7, 11) is 0. The van der Waals surface area contributed by atoms with Crippen LogP contribution in [0.25, 0.3) is 0 Å². The number of piperidine rings is 1. The molecule has 0 unspecified atom stereocenters. The van der Waals surface area contributed by atoms with Crippen molar-refractivity contribution in [2.75, 3.05) is 19.6 Å². The van der Waals surface area contributed by atoms with Gasteiger partial charge in [-0.05, 0) is 58.1 Å². The third-order valence-corrected chi connectivity index (χ3v) is 4.27. The lowest BCUT2D eigenvalue weighted by Gasteiger charge is -2.39. The first-order chi connectivity index (χ1) is 10.7. The molecule has 1 aliphatic rings. The maximum Gasteiger partial charge on any atom is 0.410 e. The van der Waals surface area contributed by atoms with Crippen LogP contribution in [-0.2, 0) is 11.3 Å². The number of hydrogen-bond donors (Lipinski definition) is 1. The Balaban J connectivity index is 1.74. The summed E-state index contributed by atoms with van der Waals surface area (Å²) < 4.78 is 11.0. The summed E-state index contributed by atoms with van der Waals surface area (Å²) in [6.07, 6.45) is 1.77. The number of carbonyl (C=O) groups excluding carboxylic acids is 1. The Morgan fingerprint density at radius 3 is 2.52 bits per heavy atom. The third-order valence-electron chi connectivity index (χ3n) is 4.27. The predicted octanol–water partition coefficient (Wildman–Crippen LogP) is 3.71. The van der Waals surface area contributed by atoms with Crippen molar-refractivity contribution in [2.45, 2.75) is 59.6 Å². The van der Waals surface area contributed by atoms with E-state index in [9.17, 15) is 4.79 Å². The molecule has 5 heteroatoms. The topological polar surface area (TPSA) is 54.7 Å². The van der Waals surface area contributed by atoms with Gasteiger partial charge >= 0.3 is 6.09 Å². The molecule has 1 N–H and O–H groups in total. The molecule has 1 amide bonds. The zero-order valence-electron chi connectivity index (χ0n) is 15.1. The molecule has 1 aliphatic heterocycles. The molecule has 2 rings (SSSR count). The highest BCUT2D eigenvalue weighted by Gasteiger charge is 2.33. The minimum atomic E-state index is -0.430. The first-order valence-corrected chi connectivity index (χ1v) is 8.41. The van der Waals surface area contributed by atoms with Gasteiger partial charge in [0.2, 0.25) is 0 Å². The van der Waals surface area contributed by atoms with Crippen LogP contribution in [0.3, 0.4) is 0 Å². The van der Waals surface area contributed by atoms with Gasteiger partial charge in [0.1, 0.15) is 17.1 Å². The molecule has 0 aliphatic carbocycles. The molecule has 0 spiro atoms. The lowest BCUT2D eigenvalue weighted by Crippen LogP contribution is -2.47. The van der Waals surface area contributed by atoms with Gasteiger partial charge in [-0.25, -0.2) is 4.79 Å². The van der Waals surface area contributed by atoms with Crippen molar-refractivity contribution in [1.29, 1.82) is 0 Å². The largest absolute Gasteiger partial charge is 0.465 e. The van der Waals surface area contributed by atoms with Crippen molar-refractivity contribution in [3.63, 3.8) is 0 Å². The van der Waals surface area contributed by atoms with E-state index in [0.29, 0.717) is 0 Å². The highest BCUT2D eigenvalue weighted by molar-refractivity contribution is 5.68. The zero-order chi connectivity index (χ0) is 17.1. The molecule has 0 bridgehead atoms. The van der Waals surface area contributed by atoms with E-state index in [0.717, 1.165) is 50.5 Å². The number of amides is 1. The average Bonchev–Trinajstić information content (AvgIpc) is 2.83. The highest BCUT2D eigenvalue weighted by atomic mass is 16.6. The molecular formula is C18H30N2O3. The van der Waals surface area contributed by atoms with Gasteiger partial charge in [0, 0.05) is 19.6 Å². The lowest BCUT2D eigenvalue weighted by atomic mass is 9.80. The van der Waals surface area contributed by atoms with Gasteiger partial charge in [-0.15, -0.1) is 0 Å². The average molecular weight is 322 g/mol. The van der Waals surface area contributed by atoms with Gasteiger partial charge in [-0.1, -0.05) is 6.92 Å². The summed E-state index contributed by atoms with van der Waals surface area (Å²) in [5.74, 6) is 1.91. The molecule has 130 valence electrons. The smallest absolute Gasteiger partial charge is 0.410 e. The summed E-state index contributed by atoms with van der Waals surface area (Å²) >= 11 is 0. The number of furan rings is 1. The second-order valence-electron chi connectivity index (χ2n) is 7.89. The van der Waals surface area contributed by atoms with Gasteiger partial charge in [0.05, 0.1) is 6.54 Å². The number of nitrogens with one attached hydrogen (secondary N) is 1. The number of aryl methyl sites for hydroxylation is 1. The van der Waals surface area contributed by atoms with Crippen molar-refractivity contribution < 1.29 is 13.9 Å². The van der Waals surface area contributed by atoms with Crippen LogP contribution < -0.4 is 5.32 Å². The molecule has 23 heavy (non-hydrogen) atoms. The quantitative estimate of drug-likeness (QED) is 0.918. The zero-order valence-corrected chi connectivity index (χ0v) is 15.1. The van der Waals surface area contributed by atoms with E-state index in [-0.39, 0.29) is 11.5 Å². The van der Waals surface area contributed by atoms with Crippen molar-refractivity contribution >= 4 is 6.09 Å². The number of likely N-dealkylation sites (tertiary alicyclic amines) is 1. The molecule has 1 saturated heterocycles. The highest BCUT2D eigenvalue weighted by Crippen LogP contribution is 2.30. The summed E-state index contributed by atoms with van der Waals surface area (Å²) in [6.45, 7) is 13.1. The lowest BCUT2D eigenvalue weighted by molar-refractivity contribution is 0.0119. The first-order valence-electron chi connectivity index (χ1n) is 8.41. The molecule has 2 heterocycles. The van der Waals surface area contributed by atoms with Crippen LogP contribution >= 0.6 is 0 Å². The van der Waals surface area contributed by atoms with Crippen molar-refractivity contribution in [3.05, 3.63) is 23.7 Å². The monoisotopic (exact) mass is 322 g/mol. The molecule has 0 radical (unpaired) electrons. The summed E-state index contributed by atoms with van der Waals surface area (Å²) in [4.78, 5) is 13.9. The maximum absolute atomic E-state index is 12.1. The van der Waals surface area contributed by atoms with E-state index < -0.39 is 5.60 Å². The van der Waals surface area contributed by atoms with Gasteiger partial charge in [-0.3, -0.25) is 0 Å². The minimum absolute atomic E-state index is 0.196. The Bertz CT molecular complexity index is 523. The molecule has 5 nitrogen and oxygen atoms in total. The normalized spacial score (nSPS) is 18.0. The summed E-state index contributed by atoms with van der Waals surface area (Å²) in [5.41, 5.74) is -0.222. The Morgan fingerprint density at radius 1 is 1.35 bits per heavy atom. The standard InChI is InChI=1S/C18H30N2O3/c1-14-6-7-15(22-14)12-19-13-18(5)8-10-20(11-9-18)16(21)23-17(2,3)4/h6-7,19H,8-13H2,1-5H3. The molecule has 1 aromatic rings. The second-order valence-corrected chi connectivity index (χ2v) is 7.89. The number of ether oxygens (including phenoxy) is 1. The molecule has 0 saturated carbocycles. The first kappa shape index (κ1) is 17.9. The Kier molecular flexibility index (Phi) is 5.40. The maximum atomic E-state index is 12.1. The van der Waals surface area contributed by atoms with Gasteiger partial charge in [-0.2, -0.15) is 0 Å². The Labute approximate surface area is 139 Å². The number of nitrogens with zero attached hydrogens (tertiary/aromatic N) is 1. The fraction of sp³-hybridized carbons (Fsp3) is 0.722. The molecule has 1 aromatic heterocycles. The van der Waals surface area contributed by atoms with Gasteiger partial charge in [0.15, 0.2) is 0 Å². The third kappa shape index (κ3) is 5.57. The van der Waals surface area contributed by atoms with E-state index in [1.165, 1.54) is 0 Å². The van der Waals surface area contributed by atoms with Crippen LogP contribution in [0.15, 0.2) is 16.5 Å². The van der Waals surface area contributed by atoms with Crippen LogP contribution in [-0.4, -0.2) is 36.2 Å². The van der Waals surface area contributed by atoms with Crippen LogP contribution in [0.2, 0.25) is 0 Å². The summed E-state index contributed by atoms with van der Waals surface area (Å²) in [6, 6.07) is 3.99. The molecule has 0 aromatic carbocycles. The van der Waals surface area contributed by atoms with Crippen LogP contribution in [0, 0.1) is 12.3 Å². The van der Waals surface area contributed by atoms with Gasteiger partial charge < -0.3 is 19.4 Å². The van der Waals surface area contributed by atoms with E-state index in [4.69, 9.17) is 9.15 Å². The van der Waals surface area contributed by atoms with Crippen LogP contribution in [0.5, 0.6) is 0 Å². The van der Waals surface area contributed by atoms with Crippen LogP contribution in [0.1, 0.15) is 52.1 Å². The minimum Gasteiger partial charge on any atom is -0.465 e. The fourth-order valence-corrected chi connectivity index (χ4v) is 2.80. The Hall–Kier alpha value is -1.49. The van der Waals surface area contributed by atoms with E-state index in [1.54, 1.807) is 0 Å². The van der Waals surface area contributed by atoms with E-state index >= 15 is 0 Å².